The Balaban J connectivity index is 1.11. The van der Waals surface area contributed by atoms with Crippen molar-refractivity contribution in [3.8, 4) is 16.8 Å². The van der Waals surface area contributed by atoms with Gasteiger partial charge < -0.3 is 13.9 Å². The van der Waals surface area contributed by atoms with E-state index in [0.717, 1.165) is 51.8 Å². The standard InChI is InChI=1S/C52H36N2O/c1-3-13-35(14-4-1)36-25-29-41(30-26-36)53(47-22-12-24-50-51(47)46-21-9-10-23-49(46)55-50)42-19-11-16-38(33-42)39-28-31-44-45-32-27-37-15-7-8-20-43(37)52(45)54(48(44)34-39)40-17-5-2-6-18-40/h1-25,27-29,31-34H,26,30H2. The van der Waals surface area contributed by atoms with Crippen molar-refractivity contribution in [1.82, 2.24) is 4.57 Å². The molecular formula is C52H36N2O. The van der Waals surface area contributed by atoms with Crippen LogP contribution in [0, 0.1) is 0 Å². The first-order valence-corrected chi connectivity index (χ1v) is 19.1. The summed E-state index contributed by atoms with van der Waals surface area (Å²) in [5.74, 6) is 0. The third kappa shape index (κ3) is 5.20. The van der Waals surface area contributed by atoms with Gasteiger partial charge in [-0.15, -0.1) is 0 Å². The number of benzene rings is 8. The van der Waals surface area contributed by atoms with Gasteiger partial charge in [0.15, 0.2) is 0 Å². The predicted molar refractivity (Wildman–Crippen MR) is 231 cm³/mol. The predicted octanol–water partition coefficient (Wildman–Crippen LogP) is 14.4. The highest BCUT2D eigenvalue weighted by molar-refractivity contribution is 6.19. The number of aromatic nitrogens is 1. The lowest BCUT2D eigenvalue weighted by molar-refractivity contribution is 0.669. The highest BCUT2D eigenvalue weighted by Gasteiger charge is 2.23. The zero-order chi connectivity index (χ0) is 36.3. The highest BCUT2D eigenvalue weighted by atomic mass is 16.3. The molecule has 11 rings (SSSR count). The van der Waals surface area contributed by atoms with Crippen molar-refractivity contribution >= 4 is 71.5 Å². The minimum absolute atomic E-state index is 0.892. The van der Waals surface area contributed by atoms with Crippen molar-refractivity contribution in [2.24, 2.45) is 0 Å². The van der Waals surface area contributed by atoms with Crippen molar-refractivity contribution in [3.05, 3.63) is 205 Å². The molecule has 0 spiro atoms. The second kappa shape index (κ2) is 12.8. The Bertz CT molecular complexity index is 3150. The number of para-hydroxylation sites is 2. The molecule has 10 aromatic rings. The van der Waals surface area contributed by atoms with Crippen LogP contribution in [0.2, 0.25) is 0 Å². The van der Waals surface area contributed by atoms with Crippen molar-refractivity contribution in [2.75, 3.05) is 4.90 Å². The molecule has 0 fully saturated rings. The van der Waals surface area contributed by atoms with E-state index in [9.17, 15) is 0 Å². The molecule has 3 nitrogen and oxygen atoms in total. The molecular weight excluding hydrogens is 669 g/mol. The van der Waals surface area contributed by atoms with Crippen LogP contribution in [0.4, 0.5) is 11.4 Å². The number of allylic oxidation sites excluding steroid dienone is 4. The lowest BCUT2D eigenvalue weighted by Gasteiger charge is -2.31. The summed E-state index contributed by atoms with van der Waals surface area (Å²) in [7, 11) is 0. The number of anilines is 2. The molecule has 0 aliphatic heterocycles. The number of hydrogen-bond acceptors (Lipinski definition) is 2. The first-order valence-electron chi connectivity index (χ1n) is 19.1. The fraction of sp³-hybridized carbons (Fsp3) is 0.0385. The summed E-state index contributed by atoms with van der Waals surface area (Å²) in [5, 5.41) is 7.26. The fourth-order valence-corrected chi connectivity index (χ4v) is 8.73. The average molecular weight is 705 g/mol. The summed E-state index contributed by atoms with van der Waals surface area (Å²) in [4.78, 5) is 2.46. The van der Waals surface area contributed by atoms with Crippen molar-refractivity contribution in [1.29, 1.82) is 0 Å². The third-order valence-corrected chi connectivity index (χ3v) is 11.3. The molecule has 0 atom stereocenters. The second-order valence-corrected chi connectivity index (χ2v) is 14.4. The van der Waals surface area contributed by atoms with E-state index in [-0.39, 0.29) is 0 Å². The number of furan rings is 1. The minimum Gasteiger partial charge on any atom is -0.456 e. The number of hydrogen-bond donors (Lipinski definition) is 0. The van der Waals surface area contributed by atoms with Crippen LogP contribution >= 0.6 is 0 Å². The molecule has 2 heterocycles. The van der Waals surface area contributed by atoms with Gasteiger partial charge in [-0.05, 0) is 95.1 Å². The van der Waals surface area contributed by atoms with Crippen LogP contribution in [0.3, 0.4) is 0 Å². The Labute approximate surface area is 319 Å². The SMILES string of the molecule is C1=C(c2ccccc2)CCC(N(c2cccc(-c3ccc4c5ccc6ccccc6c5n(-c5ccccc5)c4c3)c2)c2cccc3oc4ccccc4c23)=C1. The van der Waals surface area contributed by atoms with E-state index in [1.54, 1.807) is 0 Å². The molecule has 0 N–H and O–H groups in total. The topological polar surface area (TPSA) is 21.3 Å². The van der Waals surface area contributed by atoms with Gasteiger partial charge in [0.1, 0.15) is 11.2 Å². The quantitative estimate of drug-likeness (QED) is 0.172. The lowest BCUT2D eigenvalue weighted by Crippen LogP contribution is -2.18. The Hall–Kier alpha value is -7.10. The van der Waals surface area contributed by atoms with E-state index >= 15 is 0 Å². The molecule has 0 unspecified atom stereocenters. The summed E-state index contributed by atoms with van der Waals surface area (Å²) in [6, 6.07) is 65.6. The molecule has 3 heteroatoms. The van der Waals surface area contributed by atoms with Gasteiger partial charge in [0.05, 0.1) is 22.1 Å². The Kier molecular flexibility index (Phi) is 7.31. The number of fused-ring (bicyclic) bond motifs is 8. The minimum atomic E-state index is 0.892. The van der Waals surface area contributed by atoms with Gasteiger partial charge in [-0.25, -0.2) is 0 Å². The van der Waals surface area contributed by atoms with Crippen LogP contribution in [0.5, 0.6) is 0 Å². The molecule has 0 radical (unpaired) electrons. The number of rotatable bonds is 6. The molecule has 1 aliphatic carbocycles. The van der Waals surface area contributed by atoms with Crippen molar-refractivity contribution in [2.45, 2.75) is 12.8 Å². The van der Waals surface area contributed by atoms with E-state index in [4.69, 9.17) is 4.42 Å². The summed E-state index contributed by atoms with van der Waals surface area (Å²) in [5.41, 5.74) is 13.9. The van der Waals surface area contributed by atoms with Crippen LogP contribution in [0.1, 0.15) is 18.4 Å². The first-order chi connectivity index (χ1) is 27.3. The largest absolute Gasteiger partial charge is 0.456 e. The van der Waals surface area contributed by atoms with E-state index < -0.39 is 0 Å². The fourth-order valence-electron chi connectivity index (χ4n) is 8.73. The molecule has 8 aromatic carbocycles. The lowest BCUT2D eigenvalue weighted by atomic mass is 9.94. The van der Waals surface area contributed by atoms with Gasteiger partial charge in [-0.3, -0.25) is 0 Å². The molecule has 0 amide bonds. The summed E-state index contributed by atoms with van der Waals surface area (Å²) < 4.78 is 8.86. The van der Waals surface area contributed by atoms with E-state index in [1.807, 2.05) is 6.07 Å². The maximum atomic E-state index is 6.41. The molecule has 55 heavy (non-hydrogen) atoms. The Morgan fingerprint density at radius 3 is 2.04 bits per heavy atom. The van der Waals surface area contributed by atoms with Gasteiger partial charge in [0.25, 0.3) is 0 Å². The molecule has 260 valence electrons. The normalized spacial score (nSPS) is 13.2. The molecule has 0 saturated heterocycles. The summed E-state index contributed by atoms with van der Waals surface area (Å²) in [6.07, 6.45) is 6.49. The van der Waals surface area contributed by atoms with Gasteiger partial charge in [-0.1, -0.05) is 140 Å². The van der Waals surface area contributed by atoms with Crippen molar-refractivity contribution < 1.29 is 4.42 Å². The zero-order valence-electron chi connectivity index (χ0n) is 30.2. The van der Waals surface area contributed by atoms with E-state index in [0.29, 0.717) is 0 Å². The van der Waals surface area contributed by atoms with Crippen LogP contribution in [-0.2, 0) is 0 Å². The van der Waals surface area contributed by atoms with Crippen molar-refractivity contribution in [3.63, 3.8) is 0 Å². The van der Waals surface area contributed by atoms with Crippen LogP contribution in [0.15, 0.2) is 204 Å². The maximum Gasteiger partial charge on any atom is 0.137 e. The Morgan fingerprint density at radius 1 is 0.473 bits per heavy atom. The molecule has 1 aliphatic rings. The number of nitrogens with zero attached hydrogens (tertiary/aromatic N) is 2. The smallest absolute Gasteiger partial charge is 0.137 e. The van der Waals surface area contributed by atoms with Gasteiger partial charge in [0.2, 0.25) is 0 Å². The highest BCUT2D eigenvalue weighted by Crippen LogP contribution is 2.44. The first kappa shape index (κ1) is 31.4. The second-order valence-electron chi connectivity index (χ2n) is 14.4. The van der Waals surface area contributed by atoms with Crippen LogP contribution in [0.25, 0.3) is 76.9 Å². The van der Waals surface area contributed by atoms with Crippen LogP contribution < -0.4 is 4.90 Å². The third-order valence-electron chi connectivity index (χ3n) is 11.3. The monoisotopic (exact) mass is 704 g/mol. The Morgan fingerprint density at radius 2 is 1.18 bits per heavy atom. The molecule has 0 bridgehead atoms. The van der Waals surface area contributed by atoms with E-state index in [1.165, 1.54) is 60.5 Å². The molecule has 0 saturated carbocycles. The van der Waals surface area contributed by atoms with Gasteiger partial charge >= 0.3 is 0 Å². The maximum absolute atomic E-state index is 6.41. The average Bonchev–Trinajstić information content (AvgIpc) is 3.81. The van der Waals surface area contributed by atoms with Gasteiger partial charge in [-0.2, -0.15) is 0 Å². The summed E-state index contributed by atoms with van der Waals surface area (Å²) >= 11 is 0. The molecule has 2 aromatic heterocycles. The zero-order valence-corrected chi connectivity index (χ0v) is 30.2. The van der Waals surface area contributed by atoms with Gasteiger partial charge in [0, 0.05) is 38.6 Å². The van der Waals surface area contributed by atoms with Crippen LogP contribution in [-0.4, -0.2) is 4.57 Å². The van der Waals surface area contributed by atoms with E-state index in [2.05, 4.69) is 198 Å². The summed E-state index contributed by atoms with van der Waals surface area (Å²) in [6.45, 7) is 0.